The second-order valence-electron chi connectivity index (χ2n) is 6.65. The summed E-state index contributed by atoms with van der Waals surface area (Å²) in [6.07, 6.45) is 3.79. The lowest BCUT2D eigenvalue weighted by Gasteiger charge is -2.20. The fraction of sp³-hybridized carbons (Fsp3) is 0.350. The molecule has 1 aromatic heterocycles. The van der Waals surface area contributed by atoms with Crippen molar-refractivity contribution in [2.45, 2.75) is 45.7 Å². The summed E-state index contributed by atoms with van der Waals surface area (Å²) >= 11 is 0. The van der Waals surface area contributed by atoms with E-state index in [4.69, 9.17) is 0 Å². The number of nitrogens with one attached hydrogen (secondary N) is 1. The molecule has 0 fully saturated rings. The first-order valence-corrected chi connectivity index (χ1v) is 9.06. The molecule has 1 aromatic carbocycles. The molecule has 6 nitrogen and oxygen atoms in total. The van der Waals surface area contributed by atoms with Gasteiger partial charge in [-0.1, -0.05) is 19.8 Å². The van der Waals surface area contributed by atoms with E-state index in [0.717, 1.165) is 19.0 Å². The number of hydrogen-bond donors (Lipinski definition) is 2. The van der Waals surface area contributed by atoms with Crippen LogP contribution in [0.3, 0.4) is 0 Å². The first-order valence-electron chi connectivity index (χ1n) is 9.06. The summed E-state index contributed by atoms with van der Waals surface area (Å²) in [7, 11) is 0. The molecule has 0 bridgehead atoms. The molecule has 2 aromatic rings. The van der Waals surface area contributed by atoms with Crippen molar-refractivity contribution in [1.82, 2.24) is 9.88 Å². The average molecular weight is 410 g/mol. The Balaban J connectivity index is 2.36. The number of aldehydes is 1. The van der Waals surface area contributed by atoms with E-state index in [1.165, 1.54) is 4.57 Å². The number of hydrogen-bond acceptors (Lipinski definition) is 4. The van der Waals surface area contributed by atoms with Crippen molar-refractivity contribution in [3.63, 3.8) is 0 Å². The zero-order chi connectivity index (χ0) is 21.7. The van der Waals surface area contributed by atoms with Crippen molar-refractivity contribution < 1.29 is 27.9 Å². The third-order valence-corrected chi connectivity index (χ3v) is 4.59. The maximum absolute atomic E-state index is 13.7. The van der Waals surface area contributed by atoms with Gasteiger partial charge in [-0.05, 0) is 13.3 Å². The molecule has 0 aliphatic heterocycles. The van der Waals surface area contributed by atoms with Crippen LogP contribution in [-0.4, -0.2) is 21.9 Å². The Bertz CT molecular complexity index is 965. The third kappa shape index (κ3) is 4.85. The predicted molar refractivity (Wildman–Crippen MR) is 99.5 cm³/mol. The summed E-state index contributed by atoms with van der Waals surface area (Å²) in [5.41, 5.74) is -2.40. The largest absolute Gasteiger partial charge is 0.503 e. The summed E-state index contributed by atoms with van der Waals surface area (Å²) in [6, 6.07) is 0.648. The quantitative estimate of drug-likeness (QED) is 0.653. The Morgan fingerprint density at radius 2 is 1.90 bits per heavy atom. The van der Waals surface area contributed by atoms with Gasteiger partial charge in [0, 0.05) is 36.5 Å². The molecule has 1 heterocycles. The van der Waals surface area contributed by atoms with E-state index >= 15 is 0 Å². The number of benzene rings is 1. The Kier molecular flexibility index (Phi) is 7.19. The fourth-order valence-electron chi connectivity index (χ4n) is 2.92. The maximum Gasteiger partial charge on any atom is 0.257 e. The Morgan fingerprint density at radius 3 is 2.45 bits per heavy atom. The highest BCUT2D eigenvalue weighted by Crippen LogP contribution is 2.21. The van der Waals surface area contributed by atoms with Crippen molar-refractivity contribution in [2.75, 3.05) is 0 Å². The topological polar surface area (TPSA) is 88.4 Å². The summed E-state index contributed by atoms with van der Waals surface area (Å²) < 4.78 is 41.7. The van der Waals surface area contributed by atoms with Gasteiger partial charge in [0.2, 0.25) is 5.43 Å². The molecule has 0 aliphatic carbocycles. The molecule has 29 heavy (non-hydrogen) atoms. The van der Waals surface area contributed by atoms with Crippen LogP contribution in [-0.2, 0) is 6.54 Å². The molecule has 1 atom stereocenters. The second-order valence-corrected chi connectivity index (χ2v) is 6.65. The van der Waals surface area contributed by atoms with Gasteiger partial charge >= 0.3 is 0 Å². The van der Waals surface area contributed by atoms with E-state index in [1.54, 1.807) is 6.92 Å². The lowest BCUT2D eigenvalue weighted by atomic mass is 10.1. The van der Waals surface area contributed by atoms with Crippen molar-refractivity contribution in [1.29, 1.82) is 0 Å². The van der Waals surface area contributed by atoms with Crippen LogP contribution < -0.4 is 10.7 Å². The lowest BCUT2D eigenvalue weighted by Crippen LogP contribution is -2.31. The highest BCUT2D eigenvalue weighted by atomic mass is 19.1. The van der Waals surface area contributed by atoms with Gasteiger partial charge in [0.15, 0.2) is 12.0 Å². The molecule has 0 saturated carbocycles. The molecule has 2 N–H and O–H groups in total. The van der Waals surface area contributed by atoms with Crippen LogP contribution in [0.1, 0.15) is 65.6 Å². The number of aromatic nitrogens is 1. The predicted octanol–water partition coefficient (Wildman–Crippen LogP) is 3.46. The van der Waals surface area contributed by atoms with Crippen LogP contribution in [0.15, 0.2) is 23.1 Å². The fourth-order valence-corrected chi connectivity index (χ4v) is 2.92. The molecular formula is C20H21F3N2O4. The number of carbonyl (C=O) groups is 2. The molecule has 156 valence electrons. The van der Waals surface area contributed by atoms with Gasteiger partial charge in [0.25, 0.3) is 5.91 Å². The highest BCUT2D eigenvalue weighted by molar-refractivity contribution is 5.95. The van der Waals surface area contributed by atoms with Gasteiger partial charge in [-0.2, -0.15) is 0 Å². The number of carbonyl (C=O) groups excluding carboxylic acids is 2. The normalized spacial score (nSPS) is 11.9. The molecule has 0 spiro atoms. The van der Waals surface area contributed by atoms with Crippen molar-refractivity contribution in [3.05, 3.63) is 62.8 Å². The van der Waals surface area contributed by atoms with E-state index in [-0.39, 0.29) is 11.7 Å². The number of rotatable bonds is 8. The van der Waals surface area contributed by atoms with Crippen LogP contribution >= 0.6 is 0 Å². The molecule has 0 unspecified atom stereocenters. The van der Waals surface area contributed by atoms with E-state index in [1.807, 2.05) is 6.92 Å². The van der Waals surface area contributed by atoms with E-state index in [0.29, 0.717) is 24.8 Å². The van der Waals surface area contributed by atoms with E-state index in [2.05, 4.69) is 5.32 Å². The highest BCUT2D eigenvalue weighted by Gasteiger charge is 2.22. The first kappa shape index (κ1) is 22.2. The van der Waals surface area contributed by atoms with Crippen LogP contribution in [0.5, 0.6) is 5.75 Å². The van der Waals surface area contributed by atoms with Gasteiger partial charge in [-0.3, -0.25) is 14.4 Å². The minimum Gasteiger partial charge on any atom is -0.503 e. The Labute approximate surface area is 165 Å². The number of halogens is 3. The maximum atomic E-state index is 13.7. The minimum atomic E-state index is -1.19. The van der Waals surface area contributed by atoms with Crippen LogP contribution in [0.2, 0.25) is 0 Å². The number of pyridine rings is 1. The third-order valence-electron chi connectivity index (χ3n) is 4.59. The Morgan fingerprint density at radius 1 is 1.28 bits per heavy atom. The summed E-state index contributed by atoms with van der Waals surface area (Å²) in [5, 5.41) is 12.3. The second kappa shape index (κ2) is 9.40. The van der Waals surface area contributed by atoms with Gasteiger partial charge < -0.3 is 15.0 Å². The number of unbranched alkanes of at least 4 members (excludes halogenated alkanes) is 1. The zero-order valence-electron chi connectivity index (χ0n) is 16.0. The van der Waals surface area contributed by atoms with Gasteiger partial charge in [-0.15, -0.1) is 0 Å². The number of amides is 1. The Hall–Kier alpha value is -3.10. The van der Waals surface area contributed by atoms with Gasteiger partial charge in [0.1, 0.15) is 28.7 Å². The minimum absolute atomic E-state index is 0.259. The van der Waals surface area contributed by atoms with Crippen LogP contribution in [0, 0.1) is 17.5 Å². The lowest BCUT2D eigenvalue weighted by molar-refractivity contribution is 0.0946. The summed E-state index contributed by atoms with van der Waals surface area (Å²) in [5.74, 6) is -5.36. The molecule has 0 radical (unpaired) electrons. The first-order chi connectivity index (χ1) is 13.7. The molecule has 2 rings (SSSR count). The molecule has 0 saturated heterocycles. The number of aromatic hydroxyl groups is 1. The summed E-state index contributed by atoms with van der Waals surface area (Å²) in [6.45, 7) is 3.10. The van der Waals surface area contributed by atoms with Crippen LogP contribution in [0.4, 0.5) is 13.2 Å². The number of nitrogens with zero attached hydrogens (tertiary/aromatic N) is 1. The van der Waals surface area contributed by atoms with Crippen LogP contribution in [0.25, 0.3) is 0 Å². The smallest absolute Gasteiger partial charge is 0.257 e. The van der Waals surface area contributed by atoms with Crippen molar-refractivity contribution in [3.8, 4) is 5.75 Å². The van der Waals surface area contributed by atoms with E-state index in [9.17, 15) is 32.7 Å². The molecule has 9 heteroatoms. The van der Waals surface area contributed by atoms with E-state index < -0.39 is 52.2 Å². The average Bonchev–Trinajstić information content (AvgIpc) is 2.66. The monoisotopic (exact) mass is 410 g/mol. The molecule has 1 amide bonds. The molecular weight excluding hydrogens is 389 g/mol. The van der Waals surface area contributed by atoms with Gasteiger partial charge in [-0.25, -0.2) is 13.2 Å². The SMILES string of the molecule is CCCC[C@@H](C)n1cc(C(=O)NCc2c(F)cc(F)cc2F)c(=O)c(O)c1C=O. The van der Waals surface area contributed by atoms with Crippen molar-refractivity contribution in [2.24, 2.45) is 0 Å². The zero-order valence-corrected chi connectivity index (χ0v) is 16.0. The molecule has 0 aliphatic rings. The summed E-state index contributed by atoms with van der Waals surface area (Å²) in [4.78, 5) is 36.1. The van der Waals surface area contributed by atoms with Crippen molar-refractivity contribution >= 4 is 12.2 Å². The standard InChI is InChI=1S/C20H21F3N2O4/c1-3-4-5-11(2)25-9-14(18(27)19(28)17(25)10-26)20(29)24-8-13-15(22)6-12(21)7-16(13)23/h6-7,9-11,28H,3-5,8H2,1-2H3,(H,24,29)/t11-/m1/s1. The van der Waals surface area contributed by atoms with Gasteiger partial charge in [0.05, 0.1) is 0 Å².